The zero-order valence-corrected chi connectivity index (χ0v) is 12.0. The van der Waals surface area contributed by atoms with Crippen LogP contribution in [0.4, 0.5) is 0 Å². The number of aromatic nitrogens is 2. The fourth-order valence-electron chi connectivity index (χ4n) is 2.17. The van der Waals surface area contributed by atoms with Gasteiger partial charge >= 0.3 is 5.97 Å². The molecule has 110 valence electrons. The Bertz CT molecular complexity index is 731. The smallest absolute Gasteiger partial charge is 0.340 e. The predicted octanol–water partition coefficient (Wildman–Crippen LogP) is 2.57. The molecule has 0 amide bonds. The van der Waals surface area contributed by atoms with Crippen molar-refractivity contribution in [3.8, 4) is 5.75 Å². The van der Waals surface area contributed by atoms with E-state index in [9.17, 15) is 4.79 Å². The van der Waals surface area contributed by atoms with Gasteiger partial charge in [-0.05, 0) is 18.5 Å². The maximum absolute atomic E-state index is 12.2. The number of fused-ring (bicyclic) bond motifs is 1. The monoisotopic (exact) mass is 289 g/mol. The van der Waals surface area contributed by atoms with Crippen molar-refractivity contribution in [2.45, 2.75) is 13.5 Å². The molecule has 0 radical (unpaired) electrons. The minimum atomic E-state index is -0.471. The highest BCUT2D eigenvalue weighted by Crippen LogP contribution is 2.28. The van der Waals surface area contributed by atoms with Gasteiger partial charge in [0.15, 0.2) is 0 Å². The summed E-state index contributed by atoms with van der Waals surface area (Å²) in [4.78, 5) is 19.2. The molecule has 2 aromatic rings. The normalized spacial score (nSPS) is 10.2. The number of carbonyl (C=O) groups excluding carboxylic acids is 1. The van der Waals surface area contributed by atoms with E-state index in [1.165, 1.54) is 7.11 Å². The topological polar surface area (TPSA) is 102 Å². The second kappa shape index (κ2) is 6.15. The maximum atomic E-state index is 12.2. The molecule has 2 aromatic heterocycles. The highest BCUT2D eigenvalue weighted by molar-refractivity contribution is 6.05. The van der Waals surface area contributed by atoms with Gasteiger partial charge in [-0.25, -0.2) is 9.78 Å². The molecule has 0 atom stereocenters. The molecule has 2 heterocycles. The summed E-state index contributed by atoms with van der Waals surface area (Å²) in [7, 11) is 3.28. The minimum Gasteiger partial charge on any atom is -0.495 e. The Labute approximate surface area is 120 Å². The Morgan fingerprint density at radius 2 is 2.33 bits per heavy atom. The van der Waals surface area contributed by atoms with Crippen LogP contribution in [-0.4, -0.2) is 29.2 Å². The number of methoxy groups -OCH3 is 1. The Kier molecular flexibility index (Phi) is 4.30. The van der Waals surface area contributed by atoms with Crippen molar-refractivity contribution in [1.29, 1.82) is 0 Å². The summed E-state index contributed by atoms with van der Waals surface area (Å²) in [6, 6.07) is 1.72. The van der Waals surface area contributed by atoms with Crippen molar-refractivity contribution < 1.29 is 14.3 Å². The Hall–Kier alpha value is -2.73. The zero-order valence-electron chi connectivity index (χ0n) is 12.0. The third-order valence-corrected chi connectivity index (χ3v) is 3.12. The van der Waals surface area contributed by atoms with Crippen LogP contribution in [0.2, 0.25) is 0 Å². The fraction of sp³-hybridized carbons (Fsp3) is 0.385. The van der Waals surface area contributed by atoms with E-state index in [1.54, 1.807) is 30.8 Å². The molecule has 0 bridgehead atoms. The van der Waals surface area contributed by atoms with Crippen LogP contribution in [0, 0.1) is 0 Å². The second-order valence-electron chi connectivity index (χ2n) is 4.24. The summed E-state index contributed by atoms with van der Waals surface area (Å²) in [5.41, 5.74) is 10.0. The Morgan fingerprint density at radius 3 is 2.95 bits per heavy atom. The van der Waals surface area contributed by atoms with Crippen molar-refractivity contribution in [2.24, 2.45) is 12.2 Å². The van der Waals surface area contributed by atoms with Gasteiger partial charge in [0.2, 0.25) is 0 Å². The number of nitrogens with zero attached hydrogens (tertiary/aromatic N) is 5. The predicted molar refractivity (Wildman–Crippen MR) is 76.1 cm³/mol. The van der Waals surface area contributed by atoms with Gasteiger partial charge in [0.25, 0.3) is 0 Å². The molecule has 0 fully saturated rings. The van der Waals surface area contributed by atoms with Gasteiger partial charge in [0, 0.05) is 23.0 Å². The van der Waals surface area contributed by atoms with Crippen LogP contribution in [0.25, 0.3) is 21.5 Å². The number of azide groups is 1. The van der Waals surface area contributed by atoms with Crippen LogP contribution in [-0.2, 0) is 18.3 Å². The molecular weight excluding hydrogens is 274 g/mol. The molecule has 8 heteroatoms. The summed E-state index contributed by atoms with van der Waals surface area (Å²) in [5, 5.41) is 4.15. The molecule has 0 aliphatic rings. The number of esters is 1. The van der Waals surface area contributed by atoms with Crippen LogP contribution in [0.15, 0.2) is 17.4 Å². The number of rotatable bonds is 5. The van der Waals surface area contributed by atoms with Crippen molar-refractivity contribution in [2.75, 3.05) is 13.7 Å². The van der Waals surface area contributed by atoms with Gasteiger partial charge in [0.05, 0.1) is 32.0 Å². The second-order valence-corrected chi connectivity index (χ2v) is 4.24. The lowest BCUT2D eigenvalue weighted by atomic mass is 10.1. The number of ether oxygens (including phenoxy) is 2. The number of aryl methyl sites for hydroxylation is 1. The summed E-state index contributed by atoms with van der Waals surface area (Å²) in [6.07, 6.45) is 1.56. The first-order valence-electron chi connectivity index (χ1n) is 6.33. The first kappa shape index (κ1) is 14.7. The van der Waals surface area contributed by atoms with Gasteiger partial charge in [-0.15, -0.1) is 0 Å². The molecule has 0 N–H and O–H groups in total. The number of hydrogen-bond acceptors (Lipinski definition) is 5. The summed E-state index contributed by atoms with van der Waals surface area (Å²) in [6.45, 7) is 2.03. The average molecular weight is 289 g/mol. The molecule has 2 rings (SSSR count). The lowest BCUT2D eigenvalue weighted by Gasteiger charge is -2.04. The van der Waals surface area contributed by atoms with Crippen LogP contribution in [0.1, 0.15) is 23.0 Å². The largest absolute Gasteiger partial charge is 0.495 e. The van der Waals surface area contributed by atoms with Crippen molar-refractivity contribution in [3.63, 3.8) is 0 Å². The maximum Gasteiger partial charge on any atom is 0.340 e. The number of pyridine rings is 1. The van der Waals surface area contributed by atoms with E-state index in [2.05, 4.69) is 15.0 Å². The molecule has 0 unspecified atom stereocenters. The molecule has 0 aliphatic heterocycles. The van der Waals surface area contributed by atoms with E-state index in [-0.39, 0.29) is 13.2 Å². The quantitative estimate of drug-likeness (QED) is 0.365. The van der Waals surface area contributed by atoms with Gasteiger partial charge in [-0.3, -0.25) is 0 Å². The molecule has 0 spiro atoms. The summed E-state index contributed by atoms with van der Waals surface area (Å²) >= 11 is 0. The van der Waals surface area contributed by atoms with E-state index >= 15 is 0 Å². The third kappa shape index (κ3) is 2.61. The molecule has 8 nitrogen and oxygen atoms in total. The van der Waals surface area contributed by atoms with Gasteiger partial charge in [0.1, 0.15) is 11.4 Å². The van der Waals surface area contributed by atoms with E-state index < -0.39 is 5.97 Å². The first-order valence-corrected chi connectivity index (χ1v) is 6.33. The van der Waals surface area contributed by atoms with E-state index in [0.717, 1.165) is 0 Å². The third-order valence-electron chi connectivity index (χ3n) is 3.12. The summed E-state index contributed by atoms with van der Waals surface area (Å²) < 4.78 is 11.9. The van der Waals surface area contributed by atoms with Crippen molar-refractivity contribution >= 4 is 17.0 Å². The van der Waals surface area contributed by atoms with E-state index in [0.29, 0.717) is 28.0 Å². The summed E-state index contributed by atoms with van der Waals surface area (Å²) in [5.74, 6) is 0.0651. The standard InChI is InChI=1S/C13H15N5O3/c1-4-21-13(19)11-9-5-8(20-3)6-15-12(9)18(2)10(11)7-16-17-14/h5-6H,4,7H2,1-3H3. The highest BCUT2D eigenvalue weighted by atomic mass is 16.5. The SMILES string of the molecule is CCOC(=O)c1c(CN=[N+]=[N-])n(C)c2ncc(OC)cc12. The van der Waals surface area contributed by atoms with Gasteiger partial charge in [-0.1, -0.05) is 5.11 Å². The van der Waals surface area contributed by atoms with E-state index in [4.69, 9.17) is 15.0 Å². The molecule has 0 aliphatic carbocycles. The fourth-order valence-corrected chi connectivity index (χ4v) is 2.17. The molecule has 21 heavy (non-hydrogen) atoms. The van der Waals surface area contributed by atoms with Gasteiger partial charge < -0.3 is 14.0 Å². The highest BCUT2D eigenvalue weighted by Gasteiger charge is 2.23. The Morgan fingerprint density at radius 1 is 1.57 bits per heavy atom. The number of hydrogen-bond donors (Lipinski definition) is 0. The van der Waals surface area contributed by atoms with Crippen LogP contribution >= 0.6 is 0 Å². The lowest BCUT2D eigenvalue weighted by molar-refractivity contribution is 0.0527. The van der Waals surface area contributed by atoms with Gasteiger partial charge in [-0.2, -0.15) is 0 Å². The first-order chi connectivity index (χ1) is 10.1. The van der Waals surface area contributed by atoms with Crippen molar-refractivity contribution in [1.82, 2.24) is 9.55 Å². The molecule has 0 saturated carbocycles. The molecular formula is C13H15N5O3. The Balaban J connectivity index is 2.73. The van der Waals surface area contributed by atoms with Crippen LogP contribution in [0.5, 0.6) is 5.75 Å². The van der Waals surface area contributed by atoms with Crippen LogP contribution in [0.3, 0.4) is 0 Å². The number of carbonyl (C=O) groups is 1. The minimum absolute atomic E-state index is 0.0415. The molecule has 0 aromatic carbocycles. The van der Waals surface area contributed by atoms with E-state index in [1.807, 2.05) is 0 Å². The van der Waals surface area contributed by atoms with Crippen molar-refractivity contribution in [3.05, 3.63) is 34.0 Å². The zero-order chi connectivity index (χ0) is 15.4. The molecule has 0 saturated heterocycles. The average Bonchev–Trinajstić information content (AvgIpc) is 2.77. The lowest BCUT2D eigenvalue weighted by Crippen LogP contribution is -2.08. The van der Waals surface area contributed by atoms with Crippen LogP contribution < -0.4 is 4.74 Å².